The largest absolute Gasteiger partial charge is 0.462 e. The zero-order chi connectivity index (χ0) is 10.1. The SMILES string of the molecule is O=C1OCCc2c1cccc2[N+](=O)[O-]. The van der Waals surface area contributed by atoms with E-state index < -0.39 is 10.9 Å². The molecule has 2 rings (SSSR count). The normalized spacial score (nSPS) is 14.4. The maximum Gasteiger partial charge on any atom is 0.338 e. The second-order valence-corrected chi connectivity index (χ2v) is 2.95. The number of benzene rings is 1. The van der Waals surface area contributed by atoms with E-state index in [1.807, 2.05) is 0 Å². The van der Waals surface area contributed by atoms with Crippen LogP contribution < -0.4 is 0 Å². The number of carbonyl (C=O) groups is 1. The second kappa shape index (κ2) is 3.10. The van der Waals surface area contributed by atoms with E-state index in [1.54, 1.807) is 6.07 Å². The molecule has 14 heavy (non-hydrogen) atoms. The maximum atomic E-state index is 11.2. The summed E-state index contributed by atoms with van der Waals surface area (Å²) in [6, 6.07) is 4.44. The quantitative estimate of drug-likeness (QED) is 0.383. The molecule has 5 nitrogen and oxygen atoms in total. The third-order valence-electron chi connectivity index (χ3n) is 2.15. The Morgan fingerprint density at radius 1 is 1.43 bits per heavy atom. The predicted octanol–water partition coefficient (Wildman–Crippen LogP) is 1.31. The Labute approximate surface area is 79.4 Å². The number of hydrogen-bond donors (Lipinski definition) is 0. The summed E-state index contributed by atoms with van der Waals surface area (Å²) in [5, 5.41) is 10.6. The summed E-state index contributed by atoms with van der Waals surface area (Å²) in [6.07, 6.45) is 0.415. The van der Waals surface area contributed by atoms with Crippen LogP contribution in [0.4, 0.5) is 5.69 Å². The van der Waals surface area contributed by atoms with Crippen molar-refractivity contribution in [1.82, 2.24) is 0 Å². The highest BCUT2D eigenvalue weighted by Gasteiger charge is 2.25. The van der Waals surface area contributed by atoms with Crippen molar-refractivity contribution in [2.24, 2.45) is 0 Å². The molecular formula is C9H7NO4. The highest BCUT2D eigenvalue weighted by Crippen LogP contribution is 2.26. The van der Waals surface area contributed by atoms with Gasteiger partial charge in [-0.15, -0.1) is 0 Å². The molecule has 0 aromatic heterocycles. The van der Waals surface area contributed by atoms with Crippen molar-refractivity contribution in [1.29, 1.82) is 0 Å². The Hall–Kier alpha value is -1.91. The van der Waals surface area contributed by atoms with E-state index in [9.17, 15) is 14.9 Å². The van der Waals surface area contributed by atoms with Crippen molar-refractivity contribution in [2.75, 3.05) is 6.61 Å². The topological polar surface area (TPSA) is 69.4 Å². The van der Waals surface area contributed by atoms with Crippen molar-refractivity contribution in [3.05, 3.63) is 39.4 Å². The number of nitro groups is 1. The fourth-order valence-electron chi connectivity index (χ4n) is 1.52. The fraction of sp³-hybridized carbons (Fsp3) is 0.222. The summed E-state index contributed by atoms with van der Waals surface area (Å²) in [7, 11) is 0. The van der Waals surface area contributed by atoms with E-state index in [0.29, 0.717) is 17.5 Å². The predicted molar refractivity (Wildman–Crippen MR) is 47.1 cm³/mol. The number of rotatable bonds is 1. The fourth-order valence-corrected chi connectivity index (χ4v) is 1.52. The van der Waals surface area contributed by atoms with Gasteiger partial charge >= 0.3 is 5.97 Å². The average molecular weight is 193 g/mol. The lowest BCUT2D eigenvalue weighted by molar-refractivity contribution is -0.385. The first-order valence-electron chi connectivity index (χ1n) is 4.13. The van der Waals surface area contributed by atoms with E-state index in [2.05, 4.69) is 0 Å². The summed E-state index contributed by atoms with van der Waals surface area (Å²) in [4.78, 5) is 21.4. The lowest BCUT2D eigenvalue weighted by Gasteiger charge is -2.14. The number of ether oxygens (including phenoxy) is 1. The van der Waals surface area contributed by atoms with Crippen molar-refractivity contribution in [2.45, 2.75) is 6.42 Å². The van der Waals surface area contributed by atoms with Gasteiger partial charge in [-0.25, -0.2) is 4.79 Å². The van der Waals surface area contributed by atoms with Gasteiger partial charge in [-0.1, -0.05) is 6.07 Å². The van der Waals surface area contributed by atoms with Crippen LogP contribution in [0.1, 0.15) is 15.9 Å². The van der Waals surface area contributed by atoms with Gasteiger partial charge in [0.15, 0.2) is 0 Å². The molecule has 0 N–H and O–H groups in total. The first kappa shape index (κ1) is 8.68. The summed E-state index contributed by atoms with van der Waals surface area (Å²) >= 11 is 0. The average Bonchev–Trinajstić information content (AvgIpc) is 2.17. The third kappa shape index (κ3) is 1.22. The van der Waals surface area contributed by atoms with Crippen molar-refractivity contribution in [3.63, 3.8) is 0 Å². The van der Waals surface area contributed by atoms with Gasteiger partial charge < -0.3 is 4.74 Å². The van der Waals surface area contributed by atoms with Gasteiger partial charge in [-0.3, -0.25) is 10.1 Å². The van der Waals surface area contributed by atoms with Crippen molar-refractivity contribution >= 4 is 11.7 Å². The van der Waals surface area contributed by atoms with E-state index in [-0.39, 0.29) is 12.3 Å². The highest BCUT2D eigenvalue weighted by atomic mass is 16.6. The number of cyclic esters (lactones) is 1. The van der Waals surface area contributed by atoms with Crippen LogP contribution in [-0.2, 0) is 11.2 Å². The number of carbonyl (C=O) groups excluding carboxylic acids is 1. The standard InChI is InChI=1S/C9H7NO4/c11-9-7-2-1-3-8(10(12)13)6(7)4-5-14-9/h1-3H,4-5H2. The third-order valence-corrected chi connectivity index (χ3v) is 2.15. The van der Waals surface area contributed by atoms with Crippen molar-refractivity contribution < 1.29 is 14.5 Å². The van der Waals surface area contributed by atoms with Gasteiger partial charge in [-0.05, 0) is 6.07 Å². The molecule has 0 saturated heterocycles. The van der Waals surface area contributed by atoms with Crippen LogP contribution in [0.3, 0.4) is 0 Å². The first-order chi connectivity index (χ1) is 6.70. The lowest BCUT2D eigenvalue weighted by Crippen LogP contribution is -2.18. The Morgan fingerprint density at radius 3 is 2.93 bits per heavy atom. The number of nitrogens with zero attached hydrogens (tertiary/aromatic N) is 1. The summed E-state index contributed by atoms with van der Waals surface area (Å²) in [5.41, 5.74) is 0.790. The molecule has 1 aromatic rings. The molecule has 0 atom stereocenters. The minimum absolute atomic E-state index is 0.000787. The van der Waals surface area contributed by atoms with E-state index in [0.717, 1.165) is 0 Å². The van der Waals surface area contributed by atoms with E-state index >= 15 is 0 Å². The van der Waals surface area contributed by atoms with E-state index in [4.69, 9.17) is 4.74 Å². The Bertz CT molecular complexity index is 399. The Morgan fingerprint density at radius 2 is 2.21 bits per heavy atom. The monoisotopic (exact) mass is 193 g/mol. The highest BCUT2D eigenvalue weighted by molar-refractivity contribution is 5.93. The summed E-state index contributed by atoms with van der Waals surface area (Å²) in [6.45, 7) is 0.219. The maximum absolute atomic E-state index is 11.2. The lowest BCUT2D eigenvalue weighted by atomic mass is 10.0. The van der Waals surface area contributed by atoms with Gasteiger partial charge in [0.25, 0.3) is 5.69 Å². The minimum atomic E-state index is -0.477. The molecule has 0 aliphatic carbocycles. The first-order valence-corrected chi connectivity index (χ1v) is 4.13. The van der Waals surface area contributed by atoms with Crippen LogP contribution in [0.25, 0.3) is 0 Å². The summed E-state index contributed by atoms with van der Waals surface area (Å²) < 4.78 is 4.78. The molecule has 1 aliphatic rings. The van der Waals surface area contributed by atoms with E-state index in [1.165, 1.54) is 12.1 Å². The van der Waals surface area contributed by atoms with Crippen LogP contribution in [0.15, 0.2) is 18.2 Å². The summed E-state index contributed by atoms with van der Waals surface area (Å²) in [5.74, 6) is -0.477. The molecule has 1 heterocycles. The molecule has 72 valence electrons. The molecule has 0 saturated carbocycles. The zero-order valence-electron chi connectivity index (χ0n) is 7.23. The second-order valence-electron chi connectivity index (χ2n) is 2.95. The van der Waals surface area contributed by atoms with Crippen molar-refractivity contribution in [3.8, 4) is 0 Å². The smallest absolute Gasteiger partial charge is 0.338 e. The van der Waals surface area contributed by atoms with Crippen LogP contribution in [-0.4, -0.2) is 17.5 Å². The Kier molecular flexibility index (Phi) is 1.92. The zero-order valence-corrected chi connectivity index (χ0v) is 7.23. The number of hydrogen-bond acceptors (Lipinski definition) is 4. The van der Waals surface area contributed by atoms with Gasteiger partial charge in [0.2, 0.25) is 0 Å². The van der Waals surface area contributed by atoms with Gasteiger partial charge in [-0.2, -0.15) is 0 Å². The molecule has 0 amide bonds. The Balaban J connectivity index is 2.60. The molecule has 0 radical (unpaired) electrons. The van der Waals surface area contributed by atoms with Gasteiger partial charge in [0.05, 0.1) is 17.1 Å². The number of esters is 1. The molecule has 0 bridgehead atoms. The molecule has 0 unspecified atom stereocenters. The molecule has 5 heteroatoms. The minimum Gasteiger partial charge on any atom is -0.462 e. The number of fused-ring (bicyclic) bond motifs is 1. The molecule has 0 fully saturated rings. The van der Waals surface area contributed by atoms with Crippen LogP contribution in [0, 0.1) is 10.1 Å². The van der Waals surface area contributed by atoms with Crippen LogP contribution >= 0.6 is 0 Å². The molecule has 0 spiro atoms. The molecular weight excluding hydrogens is 186 g/mol. The van der Waals surface area contributed by atoms with Crippen LogP contribution in [0.2, 0.25) is 0 Å². The van der Waals surface area contributed by atoms with Crippen LogP contribution in [0.5, 0.6) is 0 Å². The molecule has 1 aromatic carbocycles. The van der Waals surface area contributed by atoms with Gasteiger partial charge in [0, 0.05) is 18.1 Å². The van der Waals surface area contributed by atoms with Gasteiger partial charge in [0.1, 0.15) is 0 Å². The number of nitro benzene ring substituents is 1. The molecule has 1 aliphatic heterocycles.